The minimum absolute atomic E-state index is 0.0180. The van der Waals surface area contributed by atoms with Gasteiger partial charge in [0.25, 0.3) is 0 Å². The van der Waals surface area contributed by atoms with Crippen LogP contribution in [0, 0.1) is 6.92 Å². The summed E-state index contributed by atoms with van der Waals surface area (Å²) in [4.78, 5) is 12.8. The molecule has 0 saturated carbocycles. The van der Waals surface area contributed by atoms with Gasteiger partial charge in [-0.3, -0.25) is 4.79 Å². The molecule has 0 aliphatic heterocycles. The normalized spacial score (nSPS) is 12.8. The van der Waals surface area contributed by atoms with Gasteiger partial charge in [0, 0.05) is 0 Å². The average Bonchev–Trinajstić information content (AvgIpc) is 2.76. The Morgan fingerprint density at radius 3 is 2.26 bits per heavy atom. The number of hydrogen-bond acceptors (Lipinski definition) is 1. The van der Waals surface area contributed by atoms with Gasteiger partial charge in [-0.15, -0.1) is 0 Å². The van der Waals surface area contributed by atoms with Crippen LogP contribution in [0.3, 0.4) is 0 Å². The van der Waals surface area contributed by atoms with Gasteiger partial charge in [0.1, 0.15) is 0 Å². The lowest BCUT2D eigenvalue weighted by atomic mass is 9.98. The Bertz CT molecular complexity index is 796. The summed E-state index contributed by atoms with van der Waals surface area (Å²) in [5.41, 5.74) is 5.86. The van der Waals surface area contributed by atoms with E-state index < -0.39 is 8.07 Å². The Hall–Kier alpha value is -2.13. The summed E-state index contributed by atoms with van der Waals surface area (Å²) in [6.45, 7) is 9.09. The molecule has 1 amide bonds. The fraction of sp³-hybridized carbons (Fsp3) is 0.464. The molecule has 3 heteroatoms. The van der Waals surface area contributed by atoms with E-state index in [9.17, 15) is 4.79 Å². The van der Waals surface area contributed by atoms with Crippen molar-refractivity contribution in [2.45, 2.75) is 84.0 Å². The van der Waals surface area contributed by atoms with E-state index in [2.05, 4.69) is 74.4 Å². The predicted octanol–water partition coefficient (Wildman–Crippen LogP) is 7.56. The molecule has 0 radical (unpaired) electrons. The van der Waals surface area contributed by atoms with Gasteiger partial charge in [-0.2, -0.15) is 0 Å². The summed E-state index contributed by atoms with van der Waals surface area (Å²) in [5.74, 6) is 0.0180. The van der Waals surface area contributed by atoms with Gasteiger partial charge in [0.2, 0.25) is 5.91 Å². The van der Waals surface area contributed by atoms with Crippen molar-refractivity contribution in [1.29, 1.82) is 0 Å². The van der Waals surface area contributed by atoms with Crippen molar-refractivity contribution in [3.05, 3.63) is 83.1 Å². The van der Waals surface area contributed by atoms with Crippen LogP contribution in [0.1, 0.15) is 68.2 Å². The fourth-order valence-corrected chi connectivity index (χ4v) is 5.79. The molecule has 31 heavy (non-hydrogen) atoms. The molecule has 0 spiro atoms. The molecular weight excluding hydrogens is 394 g/mol. The summed E-state index contributed by atoms with van der Waals surface area (Å²) >= 11 is 0. The van der Waals surface area contributed by atoms with E-state index in [4.69, 9.17) is 0 Å². The van der Waals surface area contributed by atoms with E-state index in [1.165, 1.54) is 55.7 Å². The third kappa shape index (κ3) is 10.1. The quantitative estimate of drug-likeness (QED) is 0.196. The third-order valence-corrected chi connectivity index (χ3v) is 8.65. The molecule has 0 aliphatic rings. The van der Waals surface area contributed by atoms with Crippen LogP contribution < -0.4 is 5.32 Å². The molecule has 2 aromatic carbocycles. The lowest BCUT2D eigenvalue weighted by molar-refractivity contribution is -0.117. The van der Waals surface area contributed by atoms with E-state index in [0.29, 0.717) is 0 Å². The number of hydrogen-bond donors (Lipinski definition) is 1. The van der Waals surface area contributed by atoms with Crippen molar-refractivity contribution in [2.24, 2.45) is 0 Å². The Morgan fingerprint density at radius 1 is 0.935 bits per heavy atom. The molecule has 1 N–H and O–H groups in total. The molecule has 168 valence electrons. The van der Waals surface area contributed by atoms with Gasteiger partial charge < -0.3 is 5.32 Å². The number of carbonyl (C=O) groups is 1. The van der Waals surface area contributed by atoms with Crippen molar-refractivity contribution in [3.63, 3.8) is 0 Å². The van der Waals surface area contributed by atoms with Gasteiger partial charge >= 0.3 is 0 Å². The van der Waals surface area contributed by atoms with Crippen LogP contribution in [0.2, 0.25) is 19.1 Å². The molecule has 1 atom stereocenters. The monoisotopic (exact) mass is 435 g/mol. The number of rotatable bonds is 13. The summed E-state index contributed by atoms with van der Waals surface area (Å²) in [5, 5.41) is 3.26. The van der Waals surface area contributed by atoms with Crippen LogP contribution >= 0.6 is 0 Å². The van der Waals surface area contributed by atoms with Crippen molar-refractivity contribution < 1.29 is 4.79 Å². The van der Waals surface area contributed by atoms with Crippen LogP contribution in [0.5, 0.6) is 0 Å². The van der Waals surface area contributed by atoms with Gasteiger partial charge in [0.15, 0.2) is 0 Å². The Balaban J connectivity index is 1.93. The first-order valence-corrected chi connectivity index (χ1v) is 15.3. The molecular formula is C28H41NOSi. The molecule has 0 aromatic heterocycles. The van der Waals surface area contributed by atoms with E-state index >= 15 is 0 Å². The summed E-state index contributed by atoms with van der Waals surface area (Å²) in [6, 6.07) is 20.1. The van der Waals surface area contributed by atoms with E-state index in [1.54, 1.807) is 6.08 Å². The van der Waals surface area contributed by atoms with E-state index in [0.717, 1.165) is 12.0 Å². The Labute approximate surface area is 191 Å². The molecule has 2 rings (SSSR count). The van der Waals surface area contributed by atoms with Gasteiger partial charge in [-0.1, -0.05) is 130 Å². The number of nitrogens with one attached hydrogen (secondary N) is 1. The summed E-state index contributed by atoms with van der Waals surface area (Å²) < 4.78 is 0. The first kappa shape index (κ1) is 25.1. The number of benzene rings is 2. The Kier molecular flexibility index (Phi) is 10.8. The zero-order valence-corrected chi connectivity index (χ0v) is 21.0. The molecule has 0 heterocycles. The summed E-state index contributed by atoms with van der Waals surface area (Å²) in [7, 11) is -1.49. The molecule has 0 saturated heterocycles. The highest BCUT2D eigenvalue weighted by Gasteiger charge is 2.18. The topological polar surface area (TPSA) is 29.1 Å². The number of unbranched alkanes of at least 4 members (excludes halogenated alkanes) is 5. The van der Waals surface area contributed by atoms with E-state index in [-0.39, 0.29) is 11.9 Å². The lowest BCUT2D eigenvalue weighted by Crippen LogP contribution is -2.30. The third-order valence-electron chi connectivity index (χ3n) is 5.94. The SMILES string of the molecule is CCCCCCCC[Si](C)(C)C=CC(=O)NC(Cc1ccc(C)cc1)c1ccccc1. The molecule has 2 nitrogen and oxygen atoms in total. The molecule has 2 aromatic rings. The zero-order chi connectivity index (χ0) is 22.5. The number of aryl methyl sites for hydroxylation is 1. The summed E-state index contributed by atoms with van der Waals surface area (Å²) in [6.07, 6.45) is 10.6. The van der Waals surface area contributed by atoms with Crippen molar-refractivity contribution in [3.8, 4) is 0 Å². The molecule has 1 unspecified atom stereocenters. The minimum atomic E-state index is -1.49. The second-order valence-corrected chi connectivity index (χ2v) is 14.3. The molecule has 0 bridgehead atoms. The second-order valence-electron chi connectivity index (χ2n) is 9.50. The maximum Gasteiger partial charge on any atom is 0.243 e. The maximum atomic E-state index is 12.8. The lowest BCUT2D eigenvalue weighted by Gasteiger charge is -2.20. The van der Waals surface area contributed by atoms with Crippen LogP contribution in [0.15, 0.2) is 66.4 Å². The van der Waals surface area contributed by atoms with Gasteiger partial charge in [-0.25, -0.2) is 0 Å². The minimum Gasteiger partial charge on any atom is -0.345 e. The van der Waals surface area contributed by atoms with Crippen LogP contribution in [-0.2, 0) is 11.2 Å². The number of carbonyl (C=O) groups excluding carboxylic acids is 1. The van der Waals surface area contributed by atoms with Crippen molar-refractivity contribution in [2.75, 3.05) is 0 Å². The Morgan fingerprint density at radius 2 is 1.58 bits per heavy atom. The van der Waals surface area contributed by atoms with Crippen LogP contribution in [0.4, 0.5) is 0 Å². The smallest absolute Gasteiger partial charge is 0.243 e. The first-order chi connectivity index (χ1) is 14.9. The van der Waals surface area contributed by atoms with Crippen LogP contribution in [-0.4, -0.2) is 14.0 Å². The van der Waals surface area contributed by atoms with Crippen molar-refractivity contribution >= 4 is 14.0 Å². The fourth-order valence-electron chi connectivity index (χ4n) is 3.86. The maximum absolute atomic E-state index is 12.8. The van der Waals surface area contributed by atoms with E-state index in [1.807, 2.05) is 18.2 Å². The van der Waals surface area contributed by atoms with Gasteiger partial charge in [-0.05, 0) is 30.5 Å². The predicted molar refractivity (Wildman–Crippen MR) is 137 cm³/mol. The molecule has 0 fully saturated rings. The second kappa shape index (κ2) is 13.3. The number of amides is 1. The highest BCUT2D eigenvalue weighted by molar-refractivity contribution is 6.82. The highest BCUT2D eigenvalue weighted by atomic mass is 28.3. The molecule has 0 aliphatic carbocycles. The van der Waals surface area contributed by atoms with Crippen LogP contribution in [0.25, 0.3) is 0 Å². The highest BCUT2D eigenvalue weighted by Crippen LogP contribution is 2.20. The van der Waals surface area contributed by atoms with Gasteiger partial charge in [0.05, 0.1) is 14.1 Å². The average molecular weight is 436 g/mol. The first-order valence-electron chi connectivity index (χ1n) is 12.0. The van der Waals surface area contributed by atoms with Crippen molar-refractivity contribution in [1.82, 2.24) is 5.32 Å². The largest absolute Gasteiger partial charge is 0.345 e. The zero-order valence-electron chi connectivity index (χ0n) is 20.0. The standard InChI is InChI=1S/C28H41NOSi/c1-5-6-7-8-9-13-21-31(3,4)22-20-28(30)29-27(26-14-11-10-12-15-26)23-25-18-16-24(2)17-19-25/h10-12,14-20,22,27H,5-9,13,21,23H2,1-4H3,(H,29,30).